The summed E-state index contributed by atoms with van der Waals surface area (Å²) in [5, 5.41) is 4.26. The molecule has 0 fully saturated rings. The largest absolute Gasteiger partial charge is 0.489 e. The zero-order valence-electron chi connectivity index (χ0n) is 18.3. The fourth-order valence-electron chi connectivity index (χ4n) is 2.97. The first kappa shape index (κ1) is 23.0. The first-order chi connectivity index (χ1) is 14.4. The van der Waals surface area contributed by atoms with Crippen LogP contribution in [0.4, 0.5) is 10.5 Å². The van der Waals surface area contributed by atoms with Gasteiger partial charge in [-0.05, 0) is 42.7 Å². The third-order valence-electron chi connectivity index (χ3n) is 4.56. The smallest absolute Gasteiger partial charge is 0.413 e. The van der Waals surface area contributed by atoms with Crippen LogP contribution in [-0.4, -0.2) is 32.6 Å². The summed E-state index contributed by atoms with van der Waals surface area (Å²) in [6.07, 6.45) is 1.24. The molecule has 0 saturated carbocycles. The number of methoxy groups -OCH3 is 1. The Kier molecular flexibility index (Phi) is 8.47. The van der Waals surface area contributed by atoms with Crippen molar-refractivity contribution in [2.24, 2.45) is 11.1 Å². The average molecular weight is 411 g/mol. The van der Waals surface area contributed by atoms with E-state index in [1.165, 1.54) is 12.0 Å². The second-order valence-electron chi connectivity index (χ2n) is 7.14. The van der Waals surface area contributed by atoms with Crippen LogP contribution in [0.5, 0.6) is 5.75 Å². The molecular weight excluding hydrogens is 380 g/mol. The summed E-state index contributed by atoms with van der Waals surface area (Å²) in [4.78, 5) is 18.6. The predicted octanol–water partition coefficient (Wildman–Crippen LogP) is 5.34. The lowest BCUT2D eigenvalue weighted by Gasteiger charge is -2.20. The summed E-state index contributed by atoms with van der Waals surface area (Å²) < 4.78 is 10.9. The van der Waals surface area contributed by atoms with Crippen LogP contribution < -0.4 is 9.64 Å². The molecule has 0 aliphatic heterocycles. The van der Waals surface area contributed by atoms with Gasteiger partial charge in [-0.2, -0.15) is 0 Å². The normalized spacial score (nSPS) is 11.2. The Morgan fingerprint density at radius 3 is 2.60 bits per heavy atom. The number of oxime groups is 1. The van der Waals surface area contributed by atoms with E-state index in [0.717, 1.165) is 33.8 Å². The number of carbonyl (C=O) groups is 1. The molecule has 1 amide bonds. The summed E-state index contributed by atoms with van der Waals surface area (Å²) in [5.41, 5.74) is 4.48. The molecule has 0 bridgehead atoms. The molecule has 2 aromatic rings. The van der Waals surface area contributed by atoms with Gasteiger partial charge in [-0.1, -0.05) is 49.9 Å². The third-order valence-corrected chi connectivity index (χ3v) is 4.56. The fourth-order valence-corrected chi connectivity index (χ4v) is 2.97. The van der Waals surface area contributed by atoms with Gasteiger partial charge in [0, 0.05) is 18.2 Å². The molecule has 0 unspecified atom stereocenters. The lowest BCUT2D eigenvalue weighted by atomic mass is 9.98. The summed E-state index contributed by atoms with van der Waals surface area (Å²) in [6.45, 7) is 10.5. The van der Waals surface area contributed by atoms with Crippen molar-refractivity contribution in [2.75, 3.05) is 25.7 Å². The van der Waals surface area contributed by atoms with Crippen molar-refractivity contribution in [2.45, 2.75) is 27.4 Å². The molecule has 0 aliphatic rings. The number of anilines is 1. The molecule has 2 aromatic carbocycles. The van der Waals surface area contributed by atoms with E-state index >= 15 is 0 Å². The molecule has 6 nitrogen and oxygen atoms in total. The molecular formula is C24H30N2O4. The molecule has 0 aromatic heterocycles. The molecule has 2 rings (SSSR count). The summed E-state index contributed by atoms with van der Waals surface area (Å²) in [5.74, 6) is 0.978. The van der Waals surface area contributed by atoms with Crippen molar-refractivity contribution < 1.29 is 19.1 Å². The maximum atomic E-state index is 11.9. The molecule has 0 heterocycles. The van der Waals surface area contributed by atoms with Crippen molar-refractivity contribution in [1.82, 2.24) is 0 Å². The zero-order valence-corrected chi connectivity index (χ0v) is 18.3. The van der Waals surface area contributed by atoms with E-state index in [4.69, 9.17) is 14.3 Å². The molecule has 6 heteroatoms. The zero-order chi connectivity index (χ0) is 22.1. The van der Waals surface area contributed by atoms with Crippen LogP contribution in [0.3, 0.4) is 0 Å². The van der Waals surface area contributed by atoms with Crippen LogP contribution >= 0.6 is 0 Å². The number of aryl methyl sites for hydroxylation is 1. The second-order valence-corrected chi connectivity index (χ2v) is 7.14. The summed E-state index contributed by atoms with van der Waals surface area (Å²) in [6, 6.07) is 13.5. The van der Waals surface area contributed by atoms with E-state index in [2.05, 4.69) is 25.6 Å². The van der Waals surface area contributed by atoms with Gasteiger partial charge in [0.15, 0.2) is 0 Å². The second kappa shape index (κ2) is 11.0. The van der Waals surface area contributed by atoms with Crippen LogP contribution in [-0.2, 0) is 16.2 Å². The highest BCUT2D eigenvalue weighted by molar-refractivity contribution is 6.01. The topological polar surface area (TPSA) is 60.4 Å². The van der Waals surface area contributed by atoms with Gasteiger partial charge in [0.25, 0.3) is 0 Å². The van der Waals surface area contributed by atoms with Crippen molar-refractivity contribution >= 4 is 17.5 Å². The van der Waals surface area contributed by atoms with Gasteiger partial charge in [-0.25, -0.2) is 4.79 Å². The van der Waals surface area contributed by atoms with Gasteiger partial charge in [0.1, 0.15) is 19.0 Å². The number of nitrogens with zero attached hydrogens (tertiary/aromatic N) is 2. The number of amides is 1. The van der Waals surface area contributed by atoms with Crippen molar-refractivity contribution in [3.63, 3.8) is 0 Å². The van der Waals surface area contributed by atoms with Gasteiger partial charge < -0.3 is 14.3 Å². The van der Waals surface area contributed by atoms with Gasteiger partial charge >= 0.3 is 6.09 Å². The first-order valence-electron chi connectivity index (χ1n) is 9.83. The van der Waals surface area contributed by atoms with Gasteiger partial charge in [0.2, 0.25) is 0 Å². The molecule has 0 N–H and O–H groups in total. The number of hydrogen-bond donors (Lipinski definition) is 0. The molecule has 160 valence electrons. The Labute approximate surface area is 178 Å². The van der Waals surface area contributed by atoms with Crippen molar-refractivity contribution in [3.05, 3.63) is 71.8 Å². The number of carbonyl (C=O) groups excluding carboxylic acids is 1. The van der Waals surface area contributed by atoms with Crippen LogP contribution in [0.15, 0.2) is 60.3 Å². The highest BCUT2D eigenvalue weighted by atomic mass is 16.6. The van der Waals surface area contributed by atoms with Gasteiger partial charge in [-0.3, -0.25) is 4.90 Å². The summed E-state index contributed by atoms with van der Waals surface area (Å²) in [7, 11) is 3.03. The molecule has 0 radical (unpaired) electrons. The highest BCUT2D eigenvalue weighted by Gasteiger charge is 2.16. The van der Waals surface area contributed by atoms with Gasteiger partial charge in [-0.15, -0.1) is 0 Å². The van der Waals surface area contributed by atoms with Crippen molar-refractivity contribution in [1.29, 1.82) is 0 Å². The lowest BCUT2D eigenvalue weighted by Crippen LogP contribution is -2.27. The maximum Gasteiger partial charge on any atom is 0.413 e. The Morgan fingerprint density at radius 1 is 1.23 bits per heavy atom. The number of benzene rings is 2. The van der Waals surface area contributed by atoms with E-state index in [-0.39, 0.29) is 5.92 Å². The Morgan fingerprint density at radius 2 is 1.97 bits per heavy atom. The Balaban J connectivity index is 2.19. The van der Waals surface area contributed by atoms with Crippen LogP contribution in [0.2, 0.25) is 0 Å². The standard InChI is InChI=1S/C24H30N2O4/c1-7-14-30-25-23(17(2)3)19-12-13-22(18(4)15-19)29-16-20-10-8-9-11-21(20)26(5)24(27)28-6/h7-13,15,17H,1,14,16H2,2-6H3/b25-23+. The number of ether oxygens (including phenoxy) is 2. The third kappa shape index (κ3) is 5.86. The monoisotopic (exact) mass is 410 g/mol. The van der Waals surface area contributed by atoms with E-state index in [9.17, 15) is 4.79 Å². The molecule has 30 heavy (non-hydrogen) atoms. The van der Waals surface area contributed by atoms with Crippen LogP contribution in [0.1, 0.15) is 30.5 Å². The van der Waals surface area contributed by atoms with Crippen molar-refractivity contribution in [3.8, 4) is 5.75 Å². The fraction of sp³-hybridized carbons (Fsp3) is 0.333. The van der Waals surface area contributed by atoms with E-state index in [1.807, 2.05) is 49.4 Å². The minimum absolute atomic E-state index is 0.210. The Bertz CT molecular complexity index is 906. The average Bonchev–Trinajstić information content (AvgIpc) is 2.74. The van der Waals surface area contributed by atoms with E-state index < -0.39 is 6.09 Å². The SMILES string of the molecule is C=CCO/N=C(/c1ccc(OCc2ccccc2N(C)C(=O)OC)c(C)c1)C(C)C. The molecule has 0 aliphatic carbocycles. The number of para-hydroxylation sites is 1. The lowest BCUT2D eigenvalue weighted by molar-refractivity contribution is 0.173. The number of rotatable bonds is 9. The minimum atomic E-state index is -0.429. The quantitative estimate of drug-likeness (QED) is 0.242. The predicted molar refractivity (Wildman–Crippen MR) is 120 cm³/mol. The van der Waals surface area contributed by atoms with Crippen LogP contribution in [0.25, 0.3) is 0 Å². The minimum Gasteiger partial charge on any atom is -0.489 e. The number of hydrogen-bond acceptors (Lipinski definition) is 5. The maximum absolute atomic E-state index is 11.9. The molecule has 0 spiro atoms. The molecule has 0 atom stereocenters. The van der Waals surface area contributed by atoms with E-state index in [1.54, 1.807) is 13.1 Å². The highest BCUT2D eigenvalue weighted by Crippen LogP contribution is 2.25. The van der Waals surface area contributed by atoms with E-state index in [0.29, 0.717) is 13.2 Å². The molecule has 0 saturated heterocycles. The first-order valence-corrected chi connectivity index (χ1v) is 9.83. The summed E-state index contributed by atoms with van der Waals surface area (Å²) >= 11 is 0. The van der Waals surface area contributed by atoms with Gasteiger partial charge in [0.05, 0.1) is 18.5 Å². The Hall–Kier alpha value is -3.28. The van der Waals surface area contributed by atoms with Crippen LogP contribution in [0, 0.1) is 12.8 Å².